The van der Waals surface area contributed by atoms with Crippen molar-refractivity contribution in [3.8, 4) is 0 Å². The summed E-state index contributed by atoms with van der Waals surface area (Å²) in [7, 11) is 0. The molecule has 0 saturated carbocycles. The Morgan fingerprint density at radius 2 is 2.17 bits per heavy atom. The maximum absolute atomic E-state index is 11.7. The lowest BCUT2D eigenvalue weighted by atomic mass is 10.1. The zero-order valence-electron chi connectivity index (χ0n) is 10.1. The van der Waals surface area contributed by atoms with Crippen LogP contribution in [0.25, 0.3) is 0 Å². The smallest absolute Gasteiger partial charge is 0.326 e. The first-order chi connectivity index (χ1) is 8.52. The molecule has 0 bridgehead atoms. The van der Waals surface area contributed by atoms with Gasteiger partial charge in [-0.05, 0) is 24.1 Å². The van der Waals surface area contributed by atoms with Crippen molar-refractivity contribution in [2.45, 2.75) is 32.2 Å². The van der Waals surface area contributed by atoms with E-state index in [9.17, 15) is 9.59 Å². The Bertz CT molecular complexity index is 434. The summed E-state index contributed by atoms with van der Waals surface area (Å²) in [6.45, 7) is 1.87. The molecule has 2 N–H and O–H groups in total. The fourth-order valence-corrected chi connectivity index (χ4v) is 1.84. The van der Waals surface area contributed by atoms with Crippen LogP contribution in [0, 0.1) is 0 Å². The van der Waals surface area contributed by atoms with Crippen LogP contribution in [-0.2, 0) is 16.0 Å². The van der Waals surface area contributed by atoms with Gasteiger partial charge < -0.3 is 10.4 Å². The number of hydrogen-bond acceptors (Lipinski definition) is 2. The molecule has 18 heavy (non-hydrogen) atoms. The van der Waals surface area contributed by atoms with Gasteiger partial charge in [0.2, 0.25) is 5.91 Å². The number of rotatable bonds is 6. The average molecular weight is 270 g/mol. The highest BCUT2D eigenvalue weighted by Gasteiger charge is 2.18. The van der Waals surface area contributed by atoms with Gasteiger partial charge in [0.05, 0.1) is 6.42 Å². The quantitative estimate of drug-likeness (QED) is 0.832. The second kappa shape index (κ2) is 7.01. The van der Waals surface area contributed by atoms with E-state index >= 15 is 0 Å². The van der Waals surface area contributed by atoms with Crippen molar-refractivity contribution in [2.24, 2.45) is 0 Å². The highest BCUT2D eigenvalue weighted by molar-refractivity contribution is 6.30. The van der Waals surface area contributed by atoms with Gasteiger partial charge in [0.1, 0.15) is 6.04 Å². The number of aliphatic carboxylic acids is 1. The lowest BCUT2D eigenvalue weighted by Gasteiger charge is -2.13. The second-order valence-electron chi connectivity index (χ2n) is 4.05. The second-order valence-corrected chi connectivity index (χ2v) is 4.49. The maximum atomic E-state index is 11.7. The lowest BCUT2D eigenvalue weighted by molar-refractivity contribution is -0.141. The minimum atomic E-state index is -1.00. The van der Waals surface area contributed by atoms with E-state index < -0.39 is 12.0 Å². The number of carbonyl (C=O) groups excluding carboxylic acids is 1. The highest BCUT2D eigenvalue weighted by Crippen LogP contribution is 2.11. The van der Waals surface area contributed by atoms with E-state index in [2.05, 4.69) is 5.32 Å². The predicted molar refractivity (Wildman–Crippen MR) is 69.6 cm³/mol. The minimum Gasteiger partial charge on any atom is -0.480 e. The molecule has 0 unspecified atom stereocenters. The number of carbonyl (C=O) groups is 2. The molecule has 0 aliphatic carbocycles. The summed E-state index contributed by atoms with van der Waals surface area (Å²) in [4.78, 5) is 22.6. The van der Waals surface area contributed by atoms with Crippen molar-refractivity contribution in [2.75, 3.05) is 0 Å². The van der Waals surface area contributed by atoms with Crippen LogP contribution in [0.4, 0.5) is 0 Å². The molecular formula is C13H16ClNO3. The van der Waals surface area contributed by atoms with Crippen molar-refractivity contribution in [3.05, 3.63) is 34.9 Å². The summed E-state index contributed by atoms with van der Waals surface area (Å²) in [6, 6.07) is 6.13. The number of carboxylic acids is 1. The minimum absolute atomic E-state index is 0.133. The number of amides is 1. The van der Waals surface area contributed by atoms with Gasteiger partial charge in [0.25, 0.3) is 0 Å². The summed E-state index contributed by atoms with van der Waals surface area (Å²) >= 11 is 5.81. The third-order valence-corrected chi connectivity index (χ3v) is 2.70. The molecule has 0 heterocycles. The highest BCUT2D eigenvalue weighted by atomic mass is 35.5. The molecule has 1 aromatic carbocycles. The monoisotopic (exact) mass is 269 g/mol. The average Bonchev–Trinajstić information content (AvgIpc) is 2.28. The van der Waals surface area contributed by atoms with Crippen LogP contribution in [0.5, 0.6) is 0 Å². The first-order valence-electron chi connectivity index (χ1n) is 5.79. The first kappa shape index (κ1) is 14.5. The molecule has 0 aliphatic rings. The van der Waals surface area contributed by atoms with Crippen LogP contribution in [0.15, 0.2) is 24.3 Å². The molecule has 0 saturated heterocycles. The Morgan fingerprint density at radius 1 is 1.44 bits per heavy atom. The molecule has 98 valence electrons. The van der Waals surface area contributed by atoms with E-state index in [1.54, 1.807) is 24.3 Å². The van der Waals surface area contributed by atoms with Crippen LogP contribution in [0.3, 0.4) is 0 Å². The Kier molecular flexibility index (Phi) is 5.65. The molecule has 0 aromatic heterocycles. The zero-order valence-corrected chi connectivity index (χ0v) is 10.9. The molecule has 1 aromatic rings. The van der Waals surface area contributed by atoms with Gasteiger partial charge in [-0.3, -0.25) is 4.79 Å². The first-order valence-corrected chi connectivity index (χ1v) is 6.17. The Hall–Kier alpha value is -1.55. The number of nitrogens with one attached hydrogen (secondary N) is 1. The van der Waals surface area contributed by atoms with E-state index in [0.717, 1.165) is 5.56 Å². The molecule has 0 aliphatic heterocycles. The van der Waals surface area contributed by atoms with Crippen LogP contribution in [0.2, 0.25) is 5.02 Å². The Balaban J connectivity index is 2.57. The van der Waals surface area contributed by atoms with Gasteiger partial charge in [-0.2, -0.15) is 0 Å². The summed E-state index contributed by atoms with van der Waals surface area (Å²) in [5, 5.41) is 12.0. The van der Waals surface area contributed by atoms with Crippen molar-refractivity contribution >= 4 is 23.5 Å². The van der Waals surface area contributed by atoms with Gasteiger partial charge in [0, 0.05) is 5.02 Å². The van der Waals surface area contributed by atoms with Crippen molar-refractivity contribution in [1.29, 1.82) is 0 Å². The fraction of sp³-hybridized carbons (Fsp3) is 0.385. The summed E-state index contributed by atoms with van der Waals surface area (Å²) in [6.07, 6.45) is 1.26. The molecule has 1 atom stereocenters. The number of hydrogen-bond donors (Lipinski definition) is 2. The summed E-state index contributed by atoms with van der Waals surface area (Å²) < 4.78 is 0. The maximum Gasteiger partial charge on any atom is 0.326 e. The van der Waals surface area contributed by atoms with E-state index in [1.165, 1.54) is 0 Å². The largest absolute Gasteiger partial charge is 0.480 e. The predicted octanol–water partition coefficient (Wildman–Crippen LogP) is 2.25. The summed E-state index contributed by atoms with van der Waals surface area (Å²) in [5.74, 6) is -1.31. The fourth-order valence-electron chi connectivity index (χ4n) is 1.62. The van der Waals surface area contributed by atoms with Gasteiger partial charge >= 0.3 is 5.97 Å². The van der Waals surface area contributed by atoms with Crippen LogP contribution < -0.4 is 5.32 Å². The number of halogens is 1. The van der Waals surface area contributed by atoms with Gasteiger partial charge in [0.15, 0.2) is 0 Å². The molecule has 1 rings (SSSR count). The SMILES string of the molecule is CCC[C@@H](NC(=O)Cc1cccc(Cl)c1)C(=O)O. The molecule has 0 spiro atoms. The molecular weight excluding hydrogens is 254 g/mol. The standard InChI is InChI=1S/C13H16ClNO3/c1-2-4-11(13(17)18)15-12(16)8-9-5-3-6-10(14)7-9/h3,5-7,11H,2,4,8H2,1H3,(H,15,16)(H,17,18)/t11-/m1/s1. The van der Waals surface area contributed by atoms with Crippen molar-refractivity contribution < 1.29 is 14.7 Å². The van der Waals surface area contributed by atoms with Crippen molar-refractivity contribution in [3.63, 3.8) is 0 Å². The van der Waals surface area contributed by atoms with E-state index in [-0.39, 0.29) is 12.3 Å². The van der Waals surface area contributed by atoms with Crippen LogP contribution >= 0.6 is 11.6 Å². The van der Waals surface area contributed by atoms with Crippen LogP contribution in [0.1, 0.15) is 25.3 Å². The molecule has 4 nitrogen and oxygen atoms in total. The van der Waals surface area contributed by atoms with Gasteiger partial charge in [-0.15, -0.1) is 0 Å². The van der Waals surface area contributed by atoms with E-state index in [1.807, 2.05) is 6.92 Å². The molecule has 5 heteroatoms. The Morgan fingerprint density at radius 3 is 2.72 bits per heavy atom. The summed E-state index contributed by atoms with van der Waals surface area (Å²) in [5.41, 5.74) is 0.764. The van der Waals surface area contributed by atoms with E-state index in [0.29, 0.717) is 17.9 Å². The molecule has 1 amide bonds. The third-order valence-electron chi connectivity index (χ3n) is 2.46. The van der Waals surface area contributed by atoms with E-state index in [4.69, 9.17) is 16.7 Å². The van der Waals surface area contributed by atoms with Crippen LogP contribution in [-0.4, -0.2) is 23.0 Å². The van der Waals surface area contributed by atoms with Gasteiger partial charge in [-0.1, -0.05) is 37.1 Å². The lowest BCUT2D eigenvalue weighted by Crippen LogP contribution is -2.41. The third kappa shape index (κ3) is 4.75. The Labute approximate surface area is 111 Å². The topological polar surface area (TPSA) is 66.4 Å². The normalized spacial score (nSPS) is 11.9. The molecule has 0 fully saturated rings. The number of benzene rings is 1. The zero-order chi connectivity index (χ0) is 13.5. The van der Waals surface area contributed by atoms with Crippen molar-refractivity contribution in [1.82, 2.24) is 5.32 Å². The number of carboxylic acid groups (broad SMARTS) is 1. The van der Waals surface area contributed by atoms with Gasteiger partial charge in [-0.25, -0.2) is 4.79 Å². The molecule has 0 radical (unpaired) electrons.